The van der Waals surface area contributed by atoms with Crippen molar-refractivity contribution in [1.29, 1.82) is 0 Å². The molecule has 0 aliphatic heterocycles. The van der Waals surface area contributed by atoms with Crippen molar-refractivity contribution >= 4 is 36.9 Å². The van der Waals surface area contributed by atoms with E-state index in [1.165, 1.54) is 6.92 Å². The van der Waals surface area contributed by atoms with E-state index in [4.69, 9.17) is 0 Å². The maximum atomic E-state index is 11.8. The number of hydrogen-bond donors (Lipinski definition) is 0. The van der Waals surface area contributed by atoms with Gasteiger partial charge in [-0.2, -0.15) is 0 Å². The second-order valence-corrected chi connectivity index (χ2v) is 8.45. The number of sulfonamides is 1. The lowest BCUT2D eigenvalue weighted by Crippen LogP contribution is -2.31. The van der Waals surface area contributed by atoms with Crippen LogP contribution in [0, 0.1) is 20.2 Å². The number of nitro benzene ring substituents is 2. The van der Waals surface area contributed by atoms with Gasteiger partial charge in [-0.3, -0.25) is 24.5 Å². The number of nitro groups is 2. The molecule has 0 spiro atoms. The van der Waals surface area contributed by atoms with E-state index < -0.39 is 51.7 Å². The molecule has 0 atom stereocenters. The van der Waals surface area contributed by atoms with Gasteiger partial charge in [0, 0.05) is 24.9 Å². The van der Waals surface area contributed by atoms with Gasteiger partial charge in [-0.25, -0.2) is 16.8 Å². The summed E-state index contributed by atoms with van der Waals surface area (Å²) in [6.07, 6.45) is 1.46. The van der Waals surface area contributed by atoms with Gasteiger partial charge in [0.05, 0.1) is 21.0 Å². The van der Waals surface area contributed by atoms with Gasteiger partial charge >= 0.3 is 11.4 Å². The molecule has 0 fully saturated rings. The summed E-state index contributed by atoms with van der Waals surface area (Å²) in [7, 11) is -8.03. The van der Waals surface area contributed by atoms with Crippen molar-refractivity contribution in [2.24, 2.45) is 0 Å². The van der Waals surface area contributed by atoms with Gasteiger partial charge in [-0.15, -0.1) is 0 Å². The smallest absolute Gasteiger partial charge is 0.258 e. The van der Waals surface area contributed by atoms with Crippen LogP contribution in [-0.4, -0.2) is 45.7 Å². The van der Waals surface area contributed by atoms with E-state index >= 15 is 0 Å². The number of sulfone groups is 1. The third-order valence-corrected chi connectivity index (χ3v) is 5.14. The largest absolute Gasteiger partial charge is 0.301 e. The summed E-state index contributed by atoms with van der Waals surface area (Å²) >= 11 is 0. The van der Waals surface area contributed by atoms with Crippen LogP contribution in [0.5, 0.6) is 0 Å². The van der Waals surface area contributed by atoms with Gasteiger partial charge in [0.25, 0.3) is 0 Å². The van der Waals surface area contributed by atoms with Crippen LogP contribution in [0.4, 0.5) is 17.1 Å². The quantitative estimate of drug-likeness (QED) is 0.524. The van der Waals surface area contributed by atoms with E-state index in [0.717, 1.165) is 12.5 Å². The fraction of sp³-hybridized carbons (Fsp3) is 0.400. The Hall–Kier alpha value is -2.28. The van der Waals surface area contributed by atoms with Crippen molar-refractivity contribution in [3.63, 3.8) is 0 Å². The highest BCUT2D eigenvalue weighted by Crippen LogP contribution is 2.40. The van der Waals surface area contributed by atoms with Crippen molar-refractivity contribution in [3.05, 3.63) is 32.4 Å². The van der Waals surface area contributed by atoms with Gasteiger partial charge in [0.2, 0.25) is 15.7 Å². The zero-order chi connectivity index (χ0) is 18.2. The Morgan fingerprint density at radius 3 is 1.61 bits per heavy atom. The molecule has 0 aliphatic carbocycles. The van der Waals surface area contributed by atoms with Gasteiger partial charge < -0.3 is 0 Å². The van der Waals surface area contributed by atoms with Crippen LogP contribution in [0.1, 0.15) is 6.92 Å². The standard InChI is InChI=1S/C10H13N3O8S2/c1-4-11(23(3,20)21)10-8(12(14)15)5-7(22(2,18)19)6-9(10)13(16)17/h5-6H,4H2,1-3H3. The molecule has 128 valence electrons. The maximum Gasteiger partial charge on any atom is 0.301 e. The van der Waals surface area contributed by atoms with Crippen molar-refractivity contribution < 1.29 is 26.7 Å². The summed E-state index contributed by atoms with van der Waals surface area (Å²) in [4.78, 5) is 19.6. The molecule has 0 saturated heterocycles. The zero-order valence-corrected chi connectivity index (χ0v) is 13.9. The summed E-state index contributed by atoms with van der Waals surface area (Å²) in [5.41, 5.74) is -2.74. The molecule has 0 saturated carbocycles. The van der Waals surface area contributed by atoms with Crippen LogP contribution >= 0.6 is 0 Å². The summed E-state index contributed by atoms with van der Waals surface area (Å²) < 4.78 is 47.1. The lowest BCUT2D eigenvalue weighted by atomic mass is 10.2. The predicted octanol–water partition coefficient (Wildman–Crippen LogP) is 0.692. The average Bonchev–Trinajstić information content (AvgIpc) is 2.35. The van der Waals surface area contributed by atoms with E-state index in [1.807, 2.05) is 0 Å². The fourth-order valence-electron chi connectivity index (χ4n) is 1.89. The SMILES string of the molecule is CCN(c1c([N+](=O)[O-])cc(S(C)(=O)=O)cc1[N+](=O)[O-])S(C)(=O)=O. The molecule has 11 nitrogen and oxygen atoms in total. The van der Waals surface area contributed by atoms with Crippen molar-refractivity contribution in [3.8, 4) is 0 Å². The van der Waals surface area contributed by atoms with Gasteiger partial charge in [0.1, 0.15) is 0 Å². The molecule has 23 heavy (non-hydrogen) atoms. The van der Waals surface area contributed by atoms with E-state index in [2.05, 4.69) is 0 Å². The molecular formula is C10H13N3O8S2. The Morgan fingerprint density at radius 1 is 1.00 bits per heavy atom. The lowest BCUT2D eigenvalue weighted by molar-refractivity contribution is -0.392. The number of hydrogen-bond acceptors (Lipinski definition) is 8. The Bertz CT molecular complexity index is 840. The summed E-state index contributed by atoms with van der Waals surface area (Å²) in [6, 6.07) is 1.21. The molecule has 0 aliphatic rings. The Labute approximate surface area is 131 Å². The van der Waals surface area contributed by atoms with Gasteiger partial charge in [0.15, 0.2) is 9.84 Å². The molecule has 0 unspecified atom stereocenters. The number of nitrogens with zero attached hydrogens (tertiary/aromatic N) is 3. The summed E-state index contributed by atoms with van der Waals surface area (Å²) in [5.74, 6) is 0. The molecule has 0 aromatic heterocycles. The molecule has 0 radical (unpaired) electrons. The Kier molecular flexibility index (Phi) is 4.96. The molecule has 13 heteroatoms. The van der Waals surface area contributed by atoms with E-state index in [9.17, 15) is 37.1 Å². The lowest BCUT2D eigenvalue weighted by Gasteiger charge is -2.20. The number of benzene rings is 1. The highest BCUT2D eigenvalue weighted by molar-refractivity contribution is 7.92. The Morgan fingerprint density at radius 2 is 1.39 bits per heavy atom. The predicted molar refractivity (Wildman–Crippen MR) is 80.7 cm³/mol. The van der Waals surface area contributed by atoms with Gasteiger partial charge in [-0.05, 0) is 6.92 Å². The topological polar surface area (TPSA) is 158 Å². The molecular weight excluding hydrogens is 354 g/mol. The average molecular weight is 367 g/mol. The van der Waals surface area contributed by atoms with Crippen molar-refractivity contribution in [2.45, 2.75) is 11.8 Å². The van der Waals surface area contributed by atoms with E-state index in [0.29, 0.717) is 16.4 Å². The van der Waals surface area contributed by atoms with Gasteiger partial charge in [-0.1, -0.05) is 0 Å². The molecule has 0 amide bonds. The molecule has 1 aromatic carbocycles. The first-order valence-corrected chi connectivity index (χ1v) is 9.69. The van der Waals surface area contributed by atoms with E-state index in [-0.39, 0.29) is 6.54 Å². The summed E-state index contributed by atoms with van der Waals surface area (Å²) in [5, 5.41) is 22.4. The highest BCUT2D eigenvalue weighted by atomic mass is 32.2. The van der Waals surface area contributed by atoms with Crippen LogP contribution in [0.3, 0.4) is 0 Å². The van der Waals surface area contributed by atoms with Crippen LogP contribution in [0.15, 0.2) is 17.0 Å². The van der Waals surface area contributed by atoms with E-state index in [1.54, 1.807) is 0 Å². The maximum absolute atomic E-state index is 11.8. The molecule has 0 bridgehead atoms. The van der Waals surface area contributed by atoms with Crippen LogP contribution in [0.25, 0.3) is 0 Å². The molecule has 0 heterocycles. The monoisotopic (exact) mass is 367 g/mol. The molecule has 1 rings (SSSR count). The first-order chi connectivity index (χ1) is 10.3. The minimum Gasteiger partial charge on any atom is -0.258 e. The van der Waals surface area contributed by atoms with Crippen LogP contribution in [-0.2, 0) is 19.9 Å². The summed E-state index contributed by atoms with van der Waals surface area (Å²) in [6.45, 7) is 1.03. The van der Waals surface area contributed by atoms with Crippen molar-refractivity contribution in [2.75, 3.05) is 23.4 Å². The second-order valence-electron chi connectivity index (χ2n) is 4.52. The minimum absolute atomic E-state index is 0.307. The second kappa shape index (κ2) is 6.08. The van der Waals surface area contributed by atoms with Crippen LogP contribution in [0.2, 0.25) is 0 Å². The minimum atomic E-state index is -4.05. The van der Waals surface area contributed by atoms with Crippen LogP contribution < -0.4 is 4.31 Å². The number of anilines is 1. The highest BCUT2D eigenvalue weighted by Gasteiger charge is 2.35. The first kappa shape index (κ1) is 18.8. The zero-order valence-electron chi connectivity index (χ0n) is 12.3. The third kappa shape index (κ3) is 3.92. The Balaban J connectivity index is 4.02. The van der Waals surface area contributed by atoms with Crippen molar-refractivity contribution in [1.82, 2.24) is 0 Å². The third-order valence-electron chi connectivity index (χ3n) is 2.80. The first-order valence-electron chi connectivity index (χ1n) is 5.95. The number of rotatable bonds is 6. The molecule has 0 N–H and O–H groups in total. The molecule has 1 aromatic rings. The normalized spacial score (nSPS) is 12.0. The fourth-order valence-corrected chi connectivity index (χ4v) is 3.52.